The number of fused-ring (bicyclic) bond motifs is 1. The first kappa shape index (κ1) is 16.8. The monoisotopic (exact) mass is 326 g/mol. The molecule has 0 saturated heterocycles. The van der Waals surface area contributed by atoms with E-state index in [1.54, 1.807) is 0 Å². The zero-order valence-electron chi connectivity index (χ0n) is 14.3. The van der Waals surface area contributed by atoms with Crippen molar-refractivity contribution in [3.05, 3.63) is 42.5 Å². The summed E-state index contributed by atoms with van der Waals surface area (Å²) in [6, 6.07) is 14.2. The van der Waals surface area contributed by atoms with Gasteiger partial charge in [0.2, 0.25) is 5.91 Å². The Hall–Kier alpha value is -2.07. The molecule has 1 amide bonds. The van der Waals surface area contributed by atoms with Gasteiger partial charge in [0.1, 0.15) is 12.4 Å². The summed E-state index contributed by atoms with van der Waals surface area (Å²) in [6.07, 6.45) is 3.99. The van der Waals surface area contributed by atoms with Gasteiger partial charge < -0.3 is 15.8 Å². The number of rotatable bonds is 5. The van der Waals surface area contributed by atoms with Crippen LogP contribution in [0.1, 0.15) is 32.6 Å². The van der Waals surface area contributed by atoms with Gasteiger partial charge in [-0.1, -0.05) is 43.2 Å². The minimum Gasteiger partial charge on any atom is -0.492 e. The Bertz CT molecular complexity index is 712. The Morgan fingerprint density at radius 2 is 2.04 bits per heavy atom. The standard InChI is InChI=1S/C20H26N2O2/c1-20(21)11-5-4-8-18(20)19(23)22-12-13-24-17-10-9-15-6-2-3-7-16(15)14-17/h2-3,6-7,9-10,14,18H,4-5,8,11-13,21H2,1H3,(H,22,23). The Labute approximate surface area is 143 Å². The second kappa shape index (κ2) is 7.22. The van der Waals surface area contributed by atoms with Crippen molar-refractivity contribution in [2.45, 2.75) is 38.1 Å². The number of benzene rings is 2. The SMILES string of the molecule is CC1(N)CCCCC1C(=O)NCCOc1ccc2ccccc2c1. The summed E-state index contributed by atoms with van der Waals surface area (Å²) in [5.74, 6) is 0.790. The third-order valence-corrected chi connectivity index (χ3v) is 4.96. The number of nitrogens with one attached hydrogen (secondary N) is 1. The van der Waals surface area contributed by atoms with E-state index >= 15 is 0 Å². The van der Waals surface area contributed by atoms with Crippen molar-refractivity contribution >= 4 is 16.7 Å². The maximum absolute atomic E-state index is 12.4. The van der Waals surface area contributed by atoms with Crippen molar-refractivity contribution in [3.63, 3.8) is 0 Å². The normalized spacial score (nSPS) is 23.8. The quantitative estimate of drug-likeness (QED) is 0.829. The van der Waals surface area contributed by atoms with E-state index in [1.807, 2.05) is 37.3 Å². The van der Waals surface area contributed by atoms with Gasteiger partial charge in [-0.2, -0.15) is 0 Å². The molecule has 2 aromatic carbocycles. The first-order valence-corrected chi connectivity index (χ1v) is 8.74. The van der Waals surface area contributed by atoms with Crippen LogP contribution in [0.2, 0.25) is 0 Å². The predicted molar refractivity (Wildman–Crippen MR) is 97.0 cm³/mol. The molecule has 1 saturated carbocycles. The van der Waals surface area contributed by atoms with Crippen LogP contribution in [0.25, 0.3) is 10.8 Å². The number of carbonyl (C=O) groups is 1. The van der Waals surface area contributed by atoms with Crippen molar-refractivity contribution in [1.29, 1.82) is 0 Å². The van der Waals surface area contributed by atoms with Crippen LogP contribution in [-0.4, -0.2) is 24.6 Å². The van der Waals surface area contributed by atoms with Crippen LogP contribution < -0.4 is 15.8 Å². The Morgan fingerprint density at radius 1 is 1.25 bits per heavy atom. The number of nitrogens with two attached hydrogens (primary N) is 1. The van der Waals surface area contributed by atoms with Crippen LogP contribution >= 0.6 is 0 Å². The van der Waals surface area contributed by atoms with Crippen LogP contribution in [0.5, 0.6) is 5.75 Å². The summed E-state index contributed by atoms with van der Waals surface area (Å²) in [5.41, 5.74) is 5.89. The second-order valence-corrected chi connectivity index (χ2v) is 6.95. The molecular formula is C20H26N2O2. The van der Waals surface area contributed by atoms with E-state index in [9.17, 15) is 4.79 Å². The molecule has 1 aliphatic carbocycles. The van der Waals surface area contributed by atoms with E-state index in [0.29, 0.717) is 13.2 Å². The number of hydrogen-bond acceptors (Lipinski definition) is 3. The molecule has 1 fully saturated rings. The highest BCUT2D eigenvalue weighted by Crippen LogP contribution is 2.31. The third-order valence-electron chi connectivity index (χ3n) is 4.96. The molecule has 4 nitrogen and oxygen atoms in total. The summed E-state index contributed by atoms with van der Waals surface area (Å²) >= 11 is 0. The molecule has 0 spiro atoms. The van der Waals surface area contributed by atoms with Crippen molar-refractivity contribution < 1.29 is 9.53 Å². The second-order valence-electron chi connectivity index (χ2n) is 6.95. The van der Waals surface area contributed by atoms with Crippen LogP contribution in [0.4, 0.5) is 0 Å². The molecule has 0 aliphatic heterocycles. The topological polar surface area (TPSA) is 64.4 Å². The molecule has 4 heteroatoms. The van der Waals surface area contributed by atoms with Crippen molar-refractivity contribution in [1.82, 2.24) is 5.32 Å². The summed E-state index contributed by atoms with van der Waals surface area (Å²) in [4.78, 5) is 12.4. The van der Waals surface area contributed by atoms with Crippen LogP contribution in [0.3, 0.4) is 0 Å². The molecule has 1 aliphatic rings. The first-order chi connectivity index (χ1) is 11.6. The molecule has 24 heavy (non-hydrogen) atoms. The molecule has 3 rings (SSSR count). The van der Waals surface area contributed by atoms with Crippen molar-refractivity contribution in [2.75, 3.05) is 13.2 Å². The molecule has 2 aromatic rings. The van der Waals surface area contributed by atoms with Crippen LogP contribution in [0.15, 0.2) is 42.5 Å². The Morgan fingerprint density at radius 3 is 2.83 bits per heavy atom. The fourth-order valence-corrected chi connectivity index (χ4v) is 3.51. The summed E-state index contributed by atoms with van der Waals surface area (Å²) in [5, 5.41) is 5.32. The molecular weight excluding hydrogens is 300 g/mol. The average molecular weight is 326 g/mol. The van der Waals surface area contributed by atoms with Gasteiger partial charge in [0.15, 0.2) is 0 Å². The van der Waals surface area contributed by atoms with Crippen LogP contribution in [-0.2, 0) is 4.79 Å². The largest absolute Gasteiger partial charge is 0.492 e. The summed E-state index contributed by atoms with van der Waals surface area (Å²) in [7, 11) is 0. The maximum Gasteiger partial charge on any atom is 0.225 e. The summed E-state index contributed by atoms with van der Waals surface area (Å²) < 4.78 is 5.76. The van der Waals surface area contributed by atoms with Gasteiger partial charge in [-0.05, 0) is 42.7 Å². The zero-order valence-corrected chi connectivity index (χ0v) is 14.3. The van der Waals surface area contributed by atoms with E-state index in [4.69, 9.17) is 10.5 Å². The first-order valence-electron chi connectivity index (χ1n) is 8.74. The smallest absolute Gasteiger partial charge is 0.225 e. The number of hydrogen-bond donors (Lipinski definition) is 2. The molecule has 128 valence electrons. The number of ether oxygens (including phenoxy) is 1. The number of carbonyl (C=O) groups excluding carboxylic acids is 1. The van der Waals surface area contributed by atoms with Gasteiger partial charge in [0, 0.05) is 5.54 Å². The highest BCUT2D eigenvalue weighted by molar-refractivity contribution is 5.83. The van der Waals surface area contributed by atoms with Gasteiger partial charge in [0.05, 0.1) is 12.5 Å². The lowest BCUT2D eigenvalue weighted by Gasteiger charge is -2.37. The molecule has 3 N–H and O–H groups in total. The minimum absolute atomic E-state index is 0.0572. The highest BCUT2D eigenvalue weighted by atomic mass is 16.5. The molecule has 0 heterocycles. The zero-order chi connectivity index (χ0) is 17.0. The van der Waals surface area contributed by atoms with E-state index in [1.165, 1.54) is 5.39 Å². The van der Waals surface area contributed by atoms with E-state index in [2.05, 4.69) is 17.4 Å². The minimum atomic E-state index is -0.387. The third kappa shape index (κ3) is 3.88. The van der Waals surface area contributed by atoms with Crippen LogP contribution in [0, 0.1) is 5.92 Å². The number of amides is 1. The lowest BCUT2D eigenvalue weighted by atomic mass is 9.74. The molecule has 2 atom stereocenters. The van der Waals surface area contributed by atoms with Gasteiger partial charge >= 0.3 is 0 Å². The van der Waals surface area contributed by atoms with Crippen molar-refractivity contribution in [3.8, 4) is 5.75 Å². The molecule has 0 radical (unpaired) electrons. The summed E-state index contributed by atoms with van der Waals surface area (Å²) in [6.45, 7) is 2.94. The fraction of sp³-hybridized carbons (Fsp3) is 0.450. The average Bonchev–Trinajstić information content (AvgIpc) is 2.58. The van der Waals surface area contributed by atoms with Gasteiger partial charge in [-0.15, -0.1) is 0 Å². The van der Waals surface area contributed by atoms with Gasteiger partial charge in [0.25, 0.3) is 0 Å². The van der Waals surface area contributed by atoms with Gasteiger partial charge in [-0.3, -0.25) is 4.79 Å². The Balaban J connectivity index is 1.48. The predicted octanol–water partition coefficient (Wildman–Crippen LogP) is 3.24. The Kier molecular flexibility index (Phi) is 5.05. The van der Waals surface area contributed by atoms with Crippen molar-refractivity contribution in [2.24, 2.45) is 11.7 Å². The van der Waals surface area contributed by atoms with E-state index in [-0.39, 0.29) is 17.4 Å². The van der Waals surface area contributed by atoms with E-state index in [0.717, 1.165) is 36.8 Å². The lowest BCUT2D eigenvalue weighted by molar-refractivity contribution is -0.128. The lowest BCUT2D eigenvalue weighted by Crippen LogP contribution is -2.53. The van der Waals surface area contributed by atoms with Gasteiger partial charge in [-0.25, -0.2) is 0 Å². The maximum atomic E-state index is 12.4. The molecule has 2 unspecified atom stereocenters. The highest BCUT2D eigenvalue weighted by Gasteiger charge is 2.37. The molecule has 0 bridgehead atoms. The van der Waals surface area contributed by atoms with E-state index < -0.39 is 0 Å². The fourth-order valence-electron chi connectivity index (χ4n) is 3.51. The molecule has 0 aromatic heterocycles.